The van der Waals surface area contributed by atoms with Gasteiger partial charge in [0.15, 0.2) is 0 Å². The number of hydrogen-bond donors (Lipinski definition) is 1. The highest BCUT2D eigenvalue weighted by molar-refractivity contribution is 6.44. The van der Waals surface area contributed by atoms with E-state index >= 15 is 0 Å². The van der Waals surface area contributed by atoms with Crippen molar-refractivity contribution in [1.29, 1.82) is 0 Å². The number of carbonyl (C=O) groups excluding carboxylic acids is 3. The molecule has 29 heavy (non-hydrogen) atoms. The van der Waals surface area contributed by atoms with E-state index in [2.05, 4.69) is 17.5 Å². The molecular formula is C22H22Cl2N2O3. The molecule has 2 bridgehead atoms. The summed E-state index contributed by atoms with van der Waals surface area (Å²) in [6.07, 6.45) is 7.80. The van der Waals surface area contributed by atoms with Crippen LogP contribution in [-0.2, 0) is 14.4 Å². The van der Waals surface area contributed by atoms with Crippen LogP contribution in [0, 0.1) is 29.6 Å². The summed E-state index contributed by atoms with van der Waals surface area (Å²) in [5.74, 6) is -0.0674. The predicted octanol–water partition coefficient (Wildman–Crippen LogP) is 4.30. The summed E-state index contributed by atoms with van der Waals surface area (Å²) in [5, 5.41) is 3.59. The number of halogens is 2. The third-order valence-corrected chi connectivity index (χ3v) is 7.97. The molecule has 152 valence electrons. The first-order valence-electron chi connectivity index (χ1n) is 10.3. The van der Waals surface area contributed by atoms with Crippen LogP contribution in [0.1, 0.15) is 32.1 Å². The van der Waals surface area contributed by atoms with Crippen molar-refractivity contribution in [3.63, 3.8) is 0 Å². The second-order valence-electron chi connectivity index (χ2n) is 8.64. The molecule has 3 fully saturated rings. The quantitative estimate of drug-likeness (QED) is 0.571. The van der Waals surface area contributed by atoms with Gasteiger partial charge in [0.05, 0.1) is 27.6 Å². The summed E-state index contributed by atoms with van der Waals surface area (Å²) in [7, 11) is 0. The number of carbonyl (C=O) groups is 3. The van der Waals surface area contributed by atoms with Gasteiger partial charge in [-0.1, -0.05) is 41.4 Å². The van der Waals surface area contributed by atoms with E-state index in [0.717, 1.165) is 6.42 Å². The Balaban J connectivity index is 1.22. The Labute approximate surface area is 179 Å². The normalized spacial score (nSPS) is 35.3. The summed E-state index contributed by atoms with van der Waals surface area (Å²) in [5.41, 5.74) is 0.506. The van der Waals surface area contributed by atoms with E-state index in [-0.39, 0.29) is 53.4 Å². The topological polar surface area (TPSA) is 66.5 Å². The van der Waals surface area contributed by atoms with Crippen LogP contribution in [0.3, 0.4) is 0 Å². The van der Waals surface area contributed by atoms with Crippen LogP contribution in [0.2, 0.25) is 10.0 Å². The van der Waals surface area contributed by atoms with Gasteiger partial charge in [0, 0.05) is 12.0 Å². The second kappa shape index (κ2) is 7.13. The molecule has 1 aromatic carbocycles. The zero-order chi connectivity index (χ0) is 20.3. The third-order valence-electron chi connectivity index (χ3n) is 7.15. The molecule has 5 rings (SSSR count). The SMILES string of the molecule is O=C(Nc1cccc(Cl)c1Cl)C1CCC(N2C(=O)[C@@H]3[C@H](C2=O)[C@H]2C=C[C@@H]3C2)CC1. The first-order chi connectivity index (χ1) is 14.0. The van der Waals surface area contributed by atoms with Gasteiger partial charge in [0.2, 0.25) is 17.7 Å². The van der Waals surface area contributed by atoms with E-state index in [1.807, 2.05) is 0 Å². The van der Waals surface area contributed by atoms with Crippen molar-refractivity contribution in [2.75, 3.05) is 5.32 Å². The van der Waals surface area contributed by atoms with Crippen molar-refractivity contribution in [3.8, 4) is 0 Å². The molecule has 3 aliphatic carbocycles. The van der Waals surface area contributed by atoms with Gasteiger partial charge in [-0.2, -0.15) is 0 Å². The van der Waals surface area contributed by atoms with Gasteiger partial charge in [-0.05, 0) is 56.1 Å². The van der Waals surface area contributed by atoms with Crippen LogP contribution in [0.4, 0.5) is 5.69 Å². The highest BCUT2D eigenvalue weighted by Crippen LogP contribution is 2.53. The lowest BCUT2D eigenvalue weighted by Crippen LogP contribution is -2.44. The number of imide groups is 1. The van der Waals surface area contributed by atoms with E-state index in [4.69, 9.17) is 23.2 Å². The van der Waals surface area contributed by atoms with Gasteiger partial charge < -0.3 is 5.32 Å². The number of fused-ring (bicyclic) bond motifs is 5. The lowest BCUT2D eigenvalue weighted by atomic mass is 9.84. The maximum Gasteiger partial charge on any atom is 0.233 e. The van der Waals surface area contributed by atoms with Crippen molar-refractivity contribution in [2.45, 2.75) is 38.1 Å². The minimum Gasteiger partial charge on any atom is -0.324 e. The molecule has 0 aromatic heterocycles. The lowest BCUT2D eigenvalue weighted by Gasteiger charge is -2.33. The van der Waals surface area contributed by atoms with E-state index in [1.165, 1.54) is 0 Å². The van der Waals surface area contributed by atoms with E-state index in [1.54, 1.807) is 23.1 Å². The van der Waals surface area contributed by atoms with Gasteiger partial charge in [0.25, 0.3) is 0 Å². The number of likely N-dealkylation sites (tertiary alicyclic amines) is 1. The molecule has 1 N–H and O–H groups in total. The molecule has 1 aromatic rings. The highest BCUT2D eigenvalue weighted by Gasteiger charge is 2.60. The number of nitrogens with one attached hydrogen (secondary N) is 1. The molecule has 0 unspecified atom stereocenters. The van der Waals surface area contributed by atoms with Crippen LogP contribution < -0.4 is 5.32 Å². The molecule has 2 saturated carbocycles. The summed E-state index contributed by atoms with van der Waals surface area (Å²) in [6.45, 7) is 0. The standard InChI is InChI=1S/C22H22Cl2N2O3/c23-15-2-1-3-16(19(15)24)25-20(27)11-6-8-14(9-7-11)26-21(28)17-12-4-5-13(10-12)18(17)22(26)29/h1-5,11-14,17-18H,6-10H2,(H,25,27)/t11?,12-,13+,14?,17+,18-. The number of benzene rings is 1. The maximum absolute atomic E-state index is 13.0. The van der Waals surface area contributed by atoms with E-state index < -0.39 is 0 Å². The fourth-order valence-corrected chi connectivity index (χ4v) is 6.06. The largest absolute Gasteiger partial charge is 0.324 e. The van der Waals surface area contributed by atoms with Crippen molar-refractivity contribution in [1.82, 2.24) is 4.90 Å². The average Bonchev–Trinajstić information content (AvgIpc) is 3.39. The highest BCUT2D eigenvalue weighted by atomic mass is 35.5. The van der Waals surface area contributed by atoms with Crippen molar-refractivity contribution < 1.29 is 14.4 Å². The molecule has 5 nitrogen and oxygen atoms in total. The number of amides is 3. The van der Waals surface area contributed by atoms with Crippen molar-refractivity contribution in [2.24, 2.45) is 29.6 Å². The fraction of sp³-hybridized carbons (Fsp3) is 0.500. The third kappa shape index (κ3) is 3.01. The van der Waals surface area contributed by atoms with E-state index in [9.17, 15) is 14.4 Å². The smallest absolute Gasteiger partial charge is 0.233 e. The maximum atomic E-state index is 13.0. The number of allylic oxidation sites excluding steroid dienone is 2. The lowest BCUT2D eigenvalue weighted by molar-refractivity contribution is -0.144. The number of anilines is 1. The Kier molecular flexibility index (Phi) is 4.71. The molecule has 3 amide bonds. The Morgan fingerprint density at radius 1 is 0.966 bits per heavy atom. The van der Waals surface area contributed by atoms with Gasteiger partial charge in [-0.15, -0.1) is 0 Å². The molecule has 4 aliphatic rings. The molecular weight excluding hydrogens is 411 g/mol. The Morgan fingerprint density at radius 2 is 1.59 bits per heavy atom. The van der Waals surface area contributed by atoms with Gasteiger partial charge in [0.1, 0.15) is 0 Å². The molecule has 1 heterocycles. The summed E-state index contributed by atoms with van der Waals surface area (Å²) >= 11 is 12.2. The minimum absolute atomic E-state index is 0.00969. The molecule has 0 radical (unpaired) electrons. The Morgan fingerprint density at radius 3 is 2.21 bits per heavy atom. The Hall–Kier alpha value is -1.85. The van der Waals surface area contributed by atoms with Crippen LogP contribution in [-0.4, -0.2) is 28.7 Å². The van der Waals surface area contributed by atoms with Crippen LogP contribution in [0.25, 0.3) is 0 Å². The summed E-state index contributed by atoms with van der Waals surface area (Å²) in [6, 6.07) is 5.05. The van der Waals surface area contributed by atoms with Gasteiger partial charge in [-0.25, -0.2) is 0 Å². The minimum atomic E-state index is -0.161. The van der Waals surface area contributed by atoms with Crippen LogP contribution >= 0.6 is 23.2 Å². The number of nitrogens with zero attached hydrogens (tertiary/aromatic N) is 1. The first kappa shape index (κ1) is 19.1. The Bertz CT molecular complexity index is 893. The van der Waals surface area contributed by atoms with Crippen molar-refractivity contribution in [3.05, 3.63) is 40.4 Å². The second-order valence-corrected chi connectivity index (χ2v) is 9.43. The number of hydrogen-bond acceptors (Lipinski definition) is 3. The van der Waals surface area contributed by atoms with Gasteiger partial charge >= 0.3 is 0 Å². The predicted molar refractivity (Wildman–Crippen MR) is 110 cm³/mol. The zero-order valence-electron chi connectivity index (χ0n) is 15.8. The summed E-state index contributed by atoms with van der Waals surface area (Å²) in [4.78, 5) is 40.2. The molecule has 4 atom stereocenters. The van der Waals surface area contributed by atoms with Crippen molar-refractivity contribution >= 4 is 46.6 Å². The van der Waals surface area contributed by atoms with E-state index in [0.29, 0.717) is 41.4 Å². The van der Waals surface area contributed by atoms with Crippen LogP contribution in [0.5, 0.6) is 0 Å². The van der Waals surface area contributed by atoms with Gasteiger partial charge in [-0.3, -0.25) is 19.3 Å². The fourth-order valence-electron chi connectivity index (χ4n) is 5.72. The first-order valence-corrected chi connectivity index (χ1v) is 11.0. The summed E-state index contributed by atoms with van der Waals surface area (Å²) < 4.78 is 0. The molecule has 1 aliphatic heterocycles. The molecule has 7 heteroatoms. The molecule has 0 spiro atoms. The average molecular weight is 433 g/mol. The zero-order valence-corrected chi connectivity index (χ0v) is 17.3. The van der Waals surface area contributed by atoms with Crippen LogP contribution in [0.15, 0.2) is 30.4 Å². The monoisotopic (exact) mass is 432 g/mol. The molecule has 1 saturated heterocycles. The number of rotatable bonds is 3.